The molecule has 3 rings (SSSR count). The van der Waals surface area contributed by atoms with E-state index in [4.69, 9.17) is 11.6 Å². The molecule has 0 radical (unpaired) electrons. The van der Waals surface area contributed by atoms with Crippen LogP contribution in [0, 0.1) is 5.92 Å². The highest BCUT2D eigenvalue weighted by Crippen LogP contribution is 2.34. The molecule has 1 heterocycles. The van der Waals surface area contributed by atoms with Crippen molar-refractivity contribution in [1.82, 2.24) is 4.90 Å². The van der Waals surface area contributed by atoms with Crippen molar-refractivity contribution >= 4 is 24.0 Å². The minimum atomic E-state index is 0. The van der Waals surface area contributed by atoms with Crippen LogP contribution in [0.4, 0.5) is 0 Å². The van der Waals surface area contributed by atoms with E-state index in [0.717, 1.165) is 19.0 Å². The van der Waals surface area contributed by atoms with E-state index in [-0.39, 0.29) is 12.4 Å². The first-order valence-electron chi connectivity index (χ1n) is 6.78. The van der Waals surface area contributed by atoms with E-state index < -0.39 is 0 Å². The van der Waals surface area contributed by atoms with Gasteiger partial charge in [0.25, 0.3) is 0 Å². The molecule has 1 fully saturated rings. The first-order chi connectivity index (χ1) is 9.38. The van der Waals surface area contributed by atoms with E-state index in [1.165, 1.54) is 11.1 Å². The van der Waals surface area contributed by atoms with Gasteiger partial charge in [-0.15, -0.1) is 24.0 Å². The van der Waals surface area contributed by atoms with Gasteiger partial charge in [-0.05, 0) is 17.0 Å². The van der Waals surface area contributed by atoms with E-state index in [9.17, 15) is 0 Å². The number of nitrogens with zero attached hydrogens (tertiary/aromatic N) is 1. The van der Waals surface area contributed by atoms with Crippen molar-refractivity contribution in [2.24, 2.45) is 5.92 Å². The molecule has 0 spiro atoms. The zero-order valence-electron chi connectivity index (χ0n) is 11.3. The number of likely N-dealkylation sites (tertiary alicyclic amines) is 1. The molecule has 0 saturated carbocycles. The van der Waals surface area contributed by atoms with Gasteiger partial charge in [0.05, 0.1) is 6.04 Å². The number of halogens is 2. The van der Waals surface area contributed by atoms with Gasteiger partial charge in [0.1, 0.15) is 0 Å². The SMILES string of the molecule is Cl.ClCC1CN(C(c2ccccc2)c2ccccc2)C1. The molecule has 2 aromatic carbocycles. The number of rotatable bonds is 4. The standard InChI is InChI=1S/C17H18ClN.ClH/c18-11-14-12-19(13-14)17(15-7-3-1-4-8-15)16-9-5-2-6-10-16;/h1-10,14,17H,11-13H2;1H. The summed E-state index contributed by atoms with van der Waals surface area (Å²) in [5, 5.41) is 0. The van der Waals surface area contributed by atoms with Gasteiger partial charge < -0.3 is 0 Å². The highest BCUT2D eigenvalue weighted by atomic mass is 35.5. The highest BCUT2D eigenvalue weighted by molar-refractivity contribution is 6.18. The second-order valence-corrected chi connectivity index (χ2v) is 5.51. The Bertz CT molecular complexity index is 470. The van der Waals surface area contributed by atoms with E-state index >= 15 is 0 Å². The van der Waals surface area contributed by atoms with Gasteiger partial charge in [-0.25, -0.2) is 0 Å². The zero-order valence-corrected chi connectivity index (χ0v) is 12.9. The quantitative estimate of drug-likeness (QED) is 0.758. The number of hydrogen-bond donors (Lipinski definition) is 0. The second kappa shape index (κ2) is 7.12. The first-order valence-corrected chi connectivity index (χ1v) is 7.32. The fraction of sp³-hybridized carbons (Fsp3) is 0.294. The van der Waals surface area contributed by atoms with Crippen molar-refractivity contribution < 1.29 is 0 Å². The van der Waals surface area contributed by atoms with Gasteiger partial charge in [-0.2, -0.15) is 0 Å². The van der Waals surface area contributed by atoms with E-state index in [0.29, 0.717) is 12.0 Å². The third kappa shape index (κ3) is 3.17. The average molecular weight is 308 g/mol. The molecule has 2 aromatic rings. The largest absolute Gasteiger partial charge is 0.292 e. The molecule has 0 bridgehead atoms. The van der Waals surface area contributed by atoms with E-state index in [2.05, 4.69) is 65.6 Å². The lowest BCUT2D eigenvalue weighted by Crippen LogP contribution is -2.49. The summed E-state index contributed by atoms with van der Waals surface area (Å²) in [4.78, 5) is 2.51. The van der Waals surface area contributed by atoms with Crippen LogP contribution in [-0.4, -0.2) is 23.9 Å². The van der Waals surface area contributed by atoms with Crippen LogP contribution in [0.5, 0.6) is 0 Å². The molecule has 0 aromatic heterocycles. The smallest absolute Gasteiger partial charge is 0.0602 e. The fourth-order valence-corrected chi connectivity index (χ4v) is 3.00. The van der Waals surface area contributed by atoms with Gasteiger partial charge in [-0.1, -0.05) is 60.7 Å². The van der Waals surface area contributed by atoms with Crippen LogP contribution >= 0.6 is 24.0 Å². The van der Waals surface area contributed by atoms with Crippen molar-refractivity contribution in [3.63, 3.8) is 0 Å². The summed E-state index contributed by atoms with van der Waals surface area (Å²) in [5.74, 6) is 1.42. The molecule has 0 unspecified atom stereocenters. The van der Waals surface area contributed by atoms with E-state index in [1.807, 2.05) is 0 Å². The molecular weight excluding hydrogens is 289 g/mol. The van der Waals surface area contributed by atoms with Crippen LogP contribution in [-0.2, 0) is 0 Å². The lowest BCUT2D eigenvalue weighted by Gasteiger charge is -2.44. The maximum Gasteiger partial charge on any atom is 0.0602 e. The summed E-state index contributed by atoms with van der Waals surface area (Å²) in [7, 11) is 0. The second-order valence-electron chi connectivity index (χ2n) is 5.20. The molecule has 1 aliphatic rings. The topological polar surface area (TPSA) is 3.24 Å². The molecule has 20 heavy (non-hydrogen) atoms. The summed E-state index contributed by atoms with van der Waals surface area (Å²) >= 11 is 5.94. The lowest BCUT2D eigenvalue weighted by molar-refractivity contribution is 0.0815. The Hall–Kier alpha value is -1.02. The fourth-order valence-electron chi connectivity index (χ4n) is 2.80. The zero-order chi connectivity index (χ0) is 13.1. The van der Waals surface area contributed by atoms with Gasteiger partial charge in [-0.3, -0.25) is 4.90 Å². The number of benzene rings is 2. The molecule has 1 nitrogen and oxygen atoms in total. The average Bonchev–Trinajstić information content (AvgIpc) is 2.44. The molecule has 0 amide bonds. The Morgan fingerprint density at radius 2 is 1.35 bits per heavy atom. The van der Waals surface area contributed by atoms with Crippen LogP contribution in [0.15, 0.2) is 60.7 Å². The minimum Gasteiger partial charge on any atom is -0.292 e. The normalized spacial score (nSPS) is 15.7. The maximum absolute atomic E-state index is 5.94. The van der Waals surface area contributed by atoms with Gasteiger partial charge >= 0.3 is 0 Å². The van der Waals surface area contributed by atoms with Crippen molar-refractivity contribution in [3.8, 4) is 0 Å². The highest BCUT2D eigenvalue weighted by Gasteiger charge is 2.33. The van der Waals surface area contributed by atoms with Crippen LogP contribution in [0.2, 0.25) is 0 Å². The van der Waals surface area contributed by atoms with Crippen molar-refractivity contribution in [2.45, 2.75) is 6.04 Å². The number of alkyl halides is 1. The van der Waals surface area contributed by atoms with Crippen LogP contribution < -0.4 is 0 Å². The maximum atomic E-state index is 5.94. The van der Waals surface area contributed by atoms with Crippen LogP contribution in [0.1, 0.15) is 17.2 Å². The van der Waals surface area contributed by atoms with Gasteiger partial charge in [0, 0.05) is 19.0 Å². The number of hydrogen-bond acceptors (Lipinski definition) is 1. The Kier molecular flexibility index (Phi) is 5.47. The summed E-state index contributed by atoms with van der Waals surface area (Å²) in [6.07, 6.45) is 0. The Labute approximate surface area is 132 Å². The summed E-state index contributed by atoms with van der Waals surface area (Å²) in [5.41, 5.74) is 2.73. The molecular formula is C17H19Cl2N. The molecule has 0 atom stereocenters. The molecule has 0 N–H and O–H groups in total. The molecule has 1 aliphatic heterocycles. The third-order valence-corrected chi connectivity index (χ3v) is 4.24. The lowest BCUT2D eigenvalue weighted by atomic mass is 9.91. The third-order valence-electron chi connectivity index (χ3n) is 3.80. The van der Waals surface area contributed by atoms with Crippen molar-refractivity contribution in [2.75, 3.05) is 19.0 Å². The van der Waals surface area contributed by atoms with Crippen molar-refractivity contribution in [3.05, 3.63) is 71.8 Å². The van der Waals surface area contributed by atoms with Crippen LogP contribution in [0.3, 0.4) is 0 Å². The molecule has 106 valence electrons. The van der Waals surface area contributed by atoms with Gasteiger partial charge in [0.15, 0.2) is 0 Å². The summed E-state index contributed by atoms with van der Waals surface area (Å²) in [6.45, 7) is 2.19. The molecule has 1 saturated heterocycles. The first kappa shape index (κ1) is 15.4. The molecule has 3 heteroatoms. The Balaban J connectivity index is 0.00000147. The predicted octanol–water partition coefficient (Wildman–Crippen LogP) is 4.37. The van der Waals surface area contributed by atoms with Crippen LogP contribution in [0.25, 0.3) is 0 Å². The minimum absolute atomic E-state index is 0. The molecule has 0 aliphatic carbocycles. The summed E-state index contributed by atoms with van der Waals surface area (Å²) < 4.78 is 0. The monoisotopic (exact) mass is 307 g/mol. The Morgan fingerprint density at radius 1 is 0.900 bits per heavy atom. The predicted molar refractivity (Wildman–Crippen MR) is 87.8 cm³/mol. The van der Waals surface area contributed by atoms with Crippen molar-refractivity contribution in [1.29, 1.82) is 0 Å². The summed E-state index contributed by atoms with van der Waals surface area (Å²) in [6, 6.07) is 21.8. The van der Waals surface area contributed by atoms with Gasteiger partial charge in [0.2, 0.25) is 0 Å². The Morgan fingerprint density at radius 3 is 1.75 bits per heavy atom. The van der Waals surface area contributed by atoms with E-state index in [1.54, 1.807) is 0 Å².